The lowest BCUT2D eigenvalue weighted by Crippen LogP contribution is -2.28. The number of rotatable bonds is 8. The minimum absolute atomic E-state index is 0.0659. The van der Waals surface area contributed by atoms with Crippen molar-refractivity contribution < 1.29 is 17.9 Å². The maximum absolute atomic E-state index is 12.6. The fourth-order valence-corrected chi connectivity index (χ4v) is 3.75. The van der Waals surface area contributed by atoms with Gasteiger partial charge in [0.1, 0.15) is 0 Å². The number of nitrogens with zero attached hydrogens (tertiary/aromatic N) is 1. The Kier molecular flexibility index (Phi) is 7.16. The number of amides is 1. The molecule has 0 aromatic heterocycles. The number of sulfonamides is 1. The molecule has 0 spiro atoms. The molecule has 0 fully saturated rings. The number of hydrogen-bond donors (Lipinski definition) is 1. The van der Waals surface area contributed by atoms with E-state index in [-0.39, 0.29) is 10.5 Å². The Hall–Kier alpha value is -1.93. The maximum Gasteiger partial charge on any atom is 0.255 e. The summed E-state index contributed by atoms with van der Waals surface area (Å²) in [5.74, 6) is -0.411. The summed E-state index contributed by atoms with van der Waals surface area (Å²) in [5.41, 5.74) is 0.781. The first-order chi connectivity index (χ1) is 12.3. The third-order valence-corrected chi connectivity index (χ3v) is 5.80. The van der Waals surface area contributed by atoms with Crippen molar-refractivity contribution in [3.63, 3.8) is 0 Å². The number of nitrogens with one attached hydrogen (secondary N) is 1. The highest BCUT2D eigenvalue weighted by atomic mass is 35.5. The quantitative estimate of drug-likeness (QED) is 0.695. The van der Waals surface area contributed by atoms with Gasteiger partial charge in [0, 0.05) is 43.6 Å². The van der Waals surface area contributed by atoms with E-state index >= 15 is 0 Å². The maximum atomic E-state index is 12.6. The molecule has 0 saturated carbocycles. The van der Waals surface area contributed by atoms with Gasteiger partial charge in [-0.1, -0.05) is 23.7 Å². The van der Waals surface area contributed by atoms with Crippen LogP contribution in [-0.4, -0.2) is 45.9 Å². The second kappa shape index (κ2) is 9.14. The number of ether oxygens (including phenoxy) is 1. The van der Waals surface area contributed by atoms with Crippen molar-refractivity contribution in [2.24, 2.45) is 0 Å². The number of carbonyl (C=O) groups excluding carboxylic acids is 1. The third-order valence-electron chi connectivity index (χ3n) is 3.71. The lowest BCUT2D eigenvalue weighted by molar-refractivity contribution is 0.102. The van der Waals surface area contributed by atoms with Crippen LogP contribution in [0.25, 0.3) is 0 Å². The van der Waals surface area contributed by atoms with Crippen LogP contribution in [0.5, 0.6) is 0 Å². The predicted octanol–water partition coefficient (Wildman–Crippen LogP) is 3.25. The van der Waals surface area contributed by atoms with E-state index in [9.17, 15) is 13.2 Å². The average Bonchev–Trinajstić information content (AvgIpc) is 2.62. The van der Waals surface area contributed by atoms with Crippen molar-refractivity contribution in [3.05, 3.63) is 59.1 Å². The number of methoxy groups -OCH3 is 1. The van der Waals surface area contributed by atoms with Gasteiger partial charge in [-0.3, -0.25) is 4.79 Å². The molecule has 26 heavy (non-hydrogen) atoms. The Balaban J connectivity index is 2.17. The highest BCUT2D eigenvalue weighted by Gasteiger charge is 2.21. The molecule has 0 atom stereocenters. The smallest absolute Gasteiger partial charge is 0.255 e. The zero-order valence-corrected chi connectivity index (χ0v) is 16.2. The van der Waals surface area contributed by atoms with Crippen LogP contribution in [-0.2, 0) is 14.8 Å². The molecule has 6 nitrogen and oxygen atoms in total. The summed E-state index contributed by atoms with van der Waals surface area (Å²) in [4.78, 5) is 12.5. The summed E-state index contributed by atoms with van der Waals surface area (Å²) in [6.45, 7) is 0.803. The summed E-state index contributed by atoms with van der Waals surface area (Å²) < 4.78 is 31.5. The molecule has 0 saturated heterocycles. The molecular weight excluding hydrogens is 376 g/mol. The Morgan fingerprint density at radius 2 is 1.92 bits per heavy atom. The molecule has 0 unspecified atom stereocenters. The van der Waals surface area contributed by atoms with Gasteiger partial charge in [-0.15, -0.1) is 0 Å². The summed E-state index contributed by atoms with van der Waals surface area (Å²) in [7, 11) is -0.609. The molecule has 0 heterocycles. The van der Waals surface area contributed by atoms with Crippen LogP contribution in [0.4, 0.5) is 5.69 Å². The van der Waals surface area contributed by atoms with Crippen LogP contribution < -0.4 is 5.32 Å². The average molecular weight is 397 g/mol. The number of halogens is 1. The molecule has 2 aromatic rings. The van der Waals surface area contributed by atoms with Crippen LogP contribution in [0, 0.1) is 0 Å². The summed E-state index contributed by atoms with van der Waals surface area (Å²) in [6, 6.07) is 12.7. The molecule has 2 rings (SSSR count). The number of anilines is 1. The van der Waals surface area contributed by atoms with E-state index in [0.717, 1.165) is 0 Å². The van der Waals surface area contributed by atoms with E-state index in [4.69, 9.17) is 16.3 Å². The van der Waals surface area contributed by atoms with Crippen LogP contribution >= 0.6 is 11.6 Å². The van der Waals surface area contributed by atoms with Gasteiger partial charge in [-0.25, -0.2) is 12.7 Å². The van der Waals surface area contributed by atoms with Crippen molar-refractivity contribution in [3.8, 4) is 0 Å². The lowest BCUT2D eigenvalue weighted by Gasteiger charge is -2.17. The monoisotopic (exact) mass is 396 g/mol. The second-order valence-corrected chi connectivity index (χ2v) is 8.15. The van der Waals surface area contributed by atoms with Crippen molar-refractivity contribution in [1.82, 2.24) is 4.31 Å². The number of benzene rings is 2. The van der Waals surface area contributed by atoms with Gasteiger partial charge < -0.3 is 10.1 Å². The van der Waals surface area contributed by atoms with E-state index in [1.807, 2.05) is 0 Å². The molecule has 8 heteroatoms. The van der Waals surface area contributed by atoms with Crippen LogP contribution in [0.1, 0.15) is 16.8 Å². The first kappa shape index (κ1) is 20.4. The Labute approximate surface area is 158 Å². The summed E-state index contributed by atoms with van der Waals surface area (Å²) >= 11 is 5.90. The molecule has 0 aliphatic carbocycles. The van der Waals surface area contributed by atoms with E-state index in [2.05, 4.69) is 5.32 Å². The normalized spacial score (nSPS) is 11.5. The first-order valence-electron chi connectivity index (χ1n) is 7.97. The molecule has 1 amide bonds. The van der Waals surface area contributed by atoms with E-state index in [0.29, 0.717) is 30.3 Å². The zero-order valence-electron chi connectivity index (χ0n) is 14.6. The summed E-state index contributed by atoms with van der Waals surface area (Å²) in [5, 5.41) is 3.20. The van der Waals surface area contributed by atoms with Gasteiger partial charge in [-0.2, -0.15) is 0 Å². The van der Waals surface area contributed by atoms with Crippen molar-refractivity contribution >= 4 is 33.2 Å². The predicted molar refractivity (Wildman–Crippen MR) is 102 cm³/mol. The molecule has 0 aliphatic heterocycles. The first-order valence-corrected chi connectivity index (χ1v) is 9.78. The Morgan fingerprint density at radius 3 is 2.62 bits per heavy atom. The number of hydrogen-bond acceptors (Lipinski definition) is 4. The Morgan fingerprint density at radius 1 is 1.19 bits per heavy atom. The topological polar surface area (TPSA) is 75.7 Å². The second-order valence-electron chi connectivity index (χ2n) is 5.67. The van der Waals surface area contributed by atoms with Gasteiger partial charge in [0.2, 0.25) is 10.0 Å². The Bertz CT molecular complexity index is 871. The van der Waals surface area contributed by atoms with Crippen molar-refractivity contribution in [2.45, 2.75) is 11.3 Å². The van der Waals surface area contributed by atoms with Gasteiger partial charge in [0.05, 0.1) is 4.90 Å². The van der Waals surface area contributed by atoms with E-state index in [1.165, 1.54) is 23.5 Å². The molecule has 0 aliphatic rings. The van der Waals surface area contributed by atoms with Gasteiger partial charge >= 0.3 is 0 Å². The molecule has 0 bridgehead atoms. The minimum atomic E-state index is -3.68. The van der Waals surface area contributed by atoms with E-state index in [1.54, 1.807) is 43.5 Å². The van der Waals surface area contributed by atoms with Gasteiger partial charge in [-0.05, 0) is 42.8 Å². The molecular formula is C18H21ClN2O4S. The van der Waals surface area contributed by atoms with Crippen LogP contribution in [0.3, 0.4) is 0 Å². The van der Waals surface area contributed by atoms with Crippen LogP contribution in [0.2, 0.25) is 5.02 Å². The fraction of sp³-hybridized carbons (Fsp3) is 0.278. The SMILES string of the molecule is COCCCN(C)S(=O)(=O)c1cccc(C(=O)Nc2cccc(Cl)c2)c1. The summed E-state index contributed by atoms with van der Waals surface area (Å²) in [6.07, 6.45) is 0.584. The lowest BCUT2D eigenvalue weighted by atomic mass is 10.2. The zero-order chi connectivity index (χ0) is 19.2. The third kappa shape index (κ3) is 5.28. The highest BCUT2D eigenvalue weighted by Crippen LogP contribution is 2.19. The molecule has 140 valence electrons. The van der Waals surface area contributed by atoms with Gasteiger partial charge in [0.25, 0.3) is 5.91 Å². The van der Waals surface area contributed by atoms with Crippen molar-refractivity contribution in [1.29, 1.82) is 0 Å². The van der Waals surface area contributed by atoms with E-state index < -0.39 is 15.9 Å². The molecule has 1 N–H and O–H groups in total. The molecule has 2 aromatic carbocycles. The standard InChI is InChI=1S/C18H21ClN2O4S/c1-21(10-5-11-25-2)26(23,24)17-9-3-6-14(12-17)18(22)20-16-8-4-7-15(19)13-16/h3-4,6-9,12-13H,5,10-11H2,1-2H3,(H,20,22). The van der Waals surface area contributed by atoms with Gasteiger partial charge in [0.15, 0.2) is 0 Å². The highest BCUT2D eigenvalue weighted by molar-refractivity contribution is 7.89. The van der Waals surface area contributed by atoms with Crippen LogP contribution in [0.15, 0.2) is 53.4 Å². The minimum Gasteiger partial charge on any atom is -0.385 e. The fourth-order valence-electron chi connectivity index (χ4n) is 2.30. The van der Waals surface area contributed by atoms with Crippen molar-refractivity contribution in [2.75, 3.05) is 32.6 Å². The number of carbonyl (C=O) groups is 1. The molecule has 0 radical (unpaired) electrons. The largest absolute Gasteiger partial charge is 0.385 e.